The number of rotatable bonds is 8. The third-order valence-electron chi connectivity index (χ3n) is 11.2. The molecule has 0 aromatic heterocycles. The number of methoxy groups -OCH3 is 1. The van der Waals surface area contributed by atoms with Crippen LogP contribution in [-0.2, 0) is 35.0 Å². The van der Waals surface area contributed by atoms with Crippen molar-refractivity contribution in [2.24, 2.45) is 17.8 Å². The minimum Gasteiger partial charge on any atom is -0.504 e. The number of ether oxygens (including phenoxy) is 5. The van der Waals surface area contributed by atoms with Gasteiger partial charge in [0.15, 0.2) is 17.3 Å². The average molecular weight is 643 g/mol. The summed E-state index contributed by atoms with van der Waals surface area (Å²) in [5.74, 6) is -4.06. The van der Waals surface area contributed by atoms with Crippen LogP contribution in [0.25, 0.3) is 0 Å². The largest absolute Gasteiger partial charge is 0.504 e. The number of carbonyl (C=O) groups excluding carboxylic acids is 2. The molecule has 2 aromatic carbocycles. The van der Waals surface area contributed by atoms with Crippen LogP contribution in [0.15, 0.2) is 84.0 Å². The van der Waals surface area contributed by atoms with Gasteiger partial charge in [-0.15, -0.1) is 0 Å². The fourth-order valence-electron chi connectivity index (χ4n) is 8.88. The van der Waals surface area contributed by atoms with Crippen LogP contribution >= 0.6 is 0 Å². The maximum Gasteiger partial charge on any atom is 0.313 e. The summed E-state index contributed by atoms with van der Waals surface area (Å²) in [4.78, 5) is 27.2. The number of fused-ring (bicyclic) bond motifs is 2. The molecule has 5 aliphatic rings. The predicted octanol–water partition coefficient (Wildman–Crippen LogP) is 5.31. The quantitative estimate of drug-likeness (QED) is 0.292. The molecule has 0 spiro atoms. The van der Waals surface area contributed by atoms with Gasteiger partial charge in [-0.3, -0.25) is 9.59 Å². The molecule has 2 aliphatic heterocycles. The van der Waals surface area contributed by atoms with Crippen molar-refractivity contribution in [3.8, 4) is 11.5 Å². The summed E-state index contributed by atoms with van der Waals surface area (Å²) in [6.07, 6.45) is 4.18. The summed E-state index contributed by atoms with van der Waals surface area (Å²) in [7, 11) is 1.44. The number of ketones is 1. The van der Waals surface area contributed by atoms with Gasteiger partial charge in [0.1, 0.15) is 23.9 Å². The summed E-state index contributed by atoms with van der Waals surface area (Å²) in [6, 6.07) is 14.6. The molecule has 3 aliphatic carbocycles. The Morgan fingerprint density at radius 3 is 2.60 bits per heavy atom. The zero-order valence-corrected chi connectivity index (χ0v) is 27.4. The highest BCUT2D eigenvalue weighted by molar-refractivity contribution is 6.04. The van der Waals surface area contributed by atoms with Gasteiger partial charge < -0.3 is 33.9 Å². The highest BCUT2D eigenvalue weighted by Gasteiger charge is 2.79. The molecule has 248 valence electrons. The Bertz CT molecular complexity index is 1710. The monoisotopic (exact) mass is 642 g/mol. The number of phenols is 1. The first-order valence-electron chi connectivity index (χ1n) is 16.3. The van der Waals surface area contributed by atoms with Crippen molar-refractivity contribution in [1.82, 2.24) is 0 Å². The zero-order valence-electron chi connectivity index (χ0n) is 27.4. The van der Waals surface area contributed by atoms with Crippen LogP contribution in [0, 0.1) is 17.8 Å². The molecule has 1 unspecified atom stereocenters. The molecular weight excluding hydrogens is 600 g/mol. The molecule has 3 fully saturated rings. The summed E-state index contributed by atoms with van der Waals surface area (Å²) in [5, 5.41) is 22.4. The van der Waals surface area contributed by atoms with Gasteiger partial charge in [0.25, 0.3) is 5.97 Å². The van der Waals surface area contributed by atoms with Crippen molar-refractivity contribution in [2.75, 3.05) is 13.7 Å². The standard InChI is InChI=1S/C38H42O9/c1-21(2)36-17-23(4)38-28(33(36)45-37(46-36,47-38)19-25-10-8-7-9-11-25)15-26(18-35(42)31(38)14-22(3)32(35)40)20-44-34(41)24(5)27-12-13-29(39)30(16-27)43-6/h7-16,23-24,28,31,33,39,42H,1,17-20H2,2-6H3/t23-,24?,28+,31-,33-,35-,36-,37-,38-/m1/s1. The Balaban J connectivity index is 1.28. The smallest absolute Gasteiger partial charge is 0.313 e. The molecule has 9 nitrogen and oxygen atoms in total. The van der Waals surface area contributed by atoms with Crippen LogP contribution in [0.2, 0.25) is 0 Å². The van der Waals surface area contributed by atoms with Crippen LogP contribution in [0.3, 0.4) is 0 Å². The molecule has 47 heavy (non-hydrogen) atoms. The van der Waals surface area contributed by atoms with Gasteiger partial charge in [0.2, 0.25) is 0 Å². The Labute approximate surface area is 274 Å². The number of aliphatic hydroxyl groups is 1. The Morgan fingerprint density at radius 1 is 1.15 bits per heavy atom. The first-order valence-corrected chi connectivity index (χ1v) is 16.3. The van der Waals surface area contributed by atoms with E-state index in [-0.39, 0.29) is 36.2 Å². The van der Waals surface area contributed by atoms with E-state index in [1.54, 1.807) is 26.0 Å². The molecular formula is C38H42O9. The second kappa shape index (κ2) is 10.9. The third kappa shape index (κ3) is 4.58. The van der Waals surface area contributed by atoms with E-state index >= 15 is 0 Å². The number of hydrogen-bond donors (Lipinski definition) is 2. The number of esters is 1. The number of hydrogen-bond acceptors (Lipinski definition) is 9. The van der Waals surface area contributed by atoms with Crippen LogP contribution in [0.4, 0.5) is 0 Å². The number of Topliss-reactive ketones (excluding diaryl/α,β-unsaturated/α-hetero) is 1. The lowest BCUT2D eigenvalue weighted by molar-refractivity contribution is -0.421. The Morgan fingerprint density at radius 2 is 1.89 bits per heavy atom. The molecule has 7 rings (SSSR count). The molecule has 2 N–H and O–H groups in total. The van der Waals surface area contributed by atoms with Crippen molar-refractivity contribution in [2.45, 2.75) is 81.8 Å². The van der Waals surface area contributed by atoms with E-state index in [0.29, 0.717) is 29.6 Å². The normalized spacial score (nSPS) is 37.3. The van der Waals surface area contributed by atoms with Gasteiger partial charge in [-0.25, -0.2) is 0 Å². The summed E-state index contributed by atoms with van der Waals surface area (Å²) in [6.45, 7) is 11.7. The SMILES string of the molecule is C=C(C)[C@]12C[C@@H](C)[C@@]34O[C@](Cc5ccccc5)(O[C@@H]1[C@@H]3C=C(COC(=O)C(C)c1ccc(O)c(OC)c1)C[C@]1(O)C(=O)C(C)=C[C@@H]41)O2. The number of phenolic OH excluding ortho intramolecular Hbond substituents is 1. The Hall–Kier alpha value is -3.76. The Kier molecular flexibility index (Phi) is 7.37. The number of carbonyl (C=O) groups is 2. The van der Waals surface area contributed by atoms with Crippen molar-refractivity contribution >= 4 is 11.8 Å². The molecule has 2 saturated heterocycles. The molecule has 3 bridgehead atoms. The highest BCUT2D eigenvalue weighted by atomic mass is 16.9. The van der Waals surface area contributed by atoms with Gasteiger partial charge in [-0.2, -0.15) is 0 Å². The topological polar surface area (TPSA) is 121 Å². The zero-order chi connectivity index (χ0) is 33.5. The molecule has 9 heteroatoms. The summed E-state index contributed by atoms with van der Waals surface area (Å²) in [5.41, 5.74) is -0.263. The van der Waals surface area contributed by atoms with Crippen molar-refractivity contribution in [1.29, 1.82) is 0 Å². The fraction of sp³-hybridized carbons (Fsp3) is 0.474. The molecule has 9 atom stereocenters. The maximum atomic E-state index is 13.8. The minimum absolute atomic E-state index is 0.0211. The molecule has 1 saturated carbocycles. The van der Waals surface area contributed by atoms with E-state index in [1.807, 2.05) is 49.4 Å². The molecule has 2 aromatic rings. The van der Waals surface area contributed by atoms with Crippen LogP contribution in [0.1, 0.15) is 57.6 Å². The van der Waals surface area contributed by atoms with Gasteiger partial charge >= 0.3 is 5.97 Å². The van der Waals surface area contributed by atoms with E-state index in [2.05, 4.69) is 13.5 Å². The predicted molar refractivity (Wildman–Crippen MR) is 171 cm³/mol. The van der Waals surface area contributed by atoms with E-state index in [9.17, 15) is 19.8 Å². The average Bonchev–Trinajstić information content (AvgIpc) is 3.35. The second-order valence-corrected chi connectivity index (χ2v) is 14.1. The number of aromatic hydroxyl groups is 1. The third-order valence-corrected chi connectivity index (χ3v) is 11.2. The van der Waals surface area contributed by atoms with Gasteiger partial charge in [-0.05, 0) is 73.1 Å². The molecule has 0 radical (unpaired) electrons. The molecule has 2 heterocycles. The van der Waals surface area contributed by atoms with Crippen LogP contribution < -0.4 is 4.74 Å². The van der Waals surface area contributed by atoms with Crippen molar-refractivity contribution in [3.63, 3.8) is 0 Å². The van der Waals surface area contributed by atoms with Gasteiger partial charge in [0, 0.05) is 18.3 Å². The first kappa shape index (κ1) is 31.8. The minimum atomic E-state index is -1.81. The van der Waals surface area contributed by atoms with Crippen molar-refractivity contribution in [3.05, 3.63) is 95.1 Å². The lowest BCUT2D eigenvalue weighted by Crippen LogP contribution is -2.70. The van der Waals surface area contributed by atoms with Crippen LogP contribution in [-0.4, -0.2) is 64.6 Å². The number of benzene rings is 2. The van der Waals surface area contributed by atoms with Gasteiger partial charge in [-0.1, -0.05) is 62.1 Å². The first-order chi connectivity index (χ1) is 22.3. The van der Waals surface area contributed by atoms with Crippen LogP contribution in [0.5, 0.6) is 11.5 Å². The van der Waals surface area contributed by atoms with E-state index in [4.69, 9.17) is 23.7 Å². The second-order valence-electron chi connectivity index (χ2n) is 14.1. The lowest BCUT2D eigenvalue weighted by atomic mass is 9.55. The maximum absolute atomic E-state index is 13.8. The van der Waals surface area contributed by atoms with E-state index in [1.165, 1.54) is 13.2 Å². The molecule has 0 amide bonds. The summed E-state index contributed by atoms with van der Waals surface area (Å²) < 4.78 is 32.0. The van der Waals surface area contributed by atoms with E-state index in [0.717, 1.165) is 11.1 Å². The van der Waals surface area contributed by atoms with Crippen molar-refractivity contribution < 1.29 is 43.5 Å². The lowest BCUT2D eigenvalue weighted by Gasteiger charge is -2.59. The van der Waals surface area contributed by atoms with E-state index < -0.39 is 52.6 Å². The van der Waals surface area contributed by atoms with Gasteiger partial charge in [0.05, 0.1) is 25.0 Å². The summed E-state index contributed by atoms with van der Waals surface area (Å²) >= 11 is 0. The highest BCUT2D eigenvalue weighted by Crippen LogP contribution is 2.68. The fourth-order valence-corrected chi connectivity index (χ4v) is 8.88.